The monoisotopic (exact) mass is 376 g/mol. The molecule has 0 fully saturated rings. The number of hydrogen-bond acceptors (Lipinski definition) is 3. The molecule has 6 heteroatoms. The maximum absolute atomic E-state index is 12.3. The molecule has 0 atom stereocenters. The Morgan fingerprint density at radius 3 is 2.41 bits per heavy atom. The molecule has 27 heavy (non-hydrogen) atoms. The second-order valence-electron chi connectivity index (χ2n) is 5.85. The highest BCUT2D eigenvalue weighted by Crippen LogP contribution is 2.36. The van der Waals surface area contributed by atoms with Crippen molar-refractivity contribution in [1.29, 1.82) is 0 Å². The van der Waals surface area contributed by atoms with Gasteiger partial charge < -0.3 is 10.4 Å². The van der Waals surface area contributed by atoms with Crippen LogP contribution in [0.5, 0.6) is 0 Å². The number of nitrogens with zero attached hydrogens (tertiary/aromatic N) is 1. The van der Waals surface area contributed by atoms with E-state index >= 15 is 0 Å². The number of carbonyl (C=O) groups excluding carboxylic acids is 1. The van der Waals surface area contributed by atoms with Crippen molar-refractivity contribution in [1.82, 2.24) is 0 Å². The van der Waals surface area contributed by atoms with Crippen molar-refractivity contribution in [2.45, 2.75) is 12.8 Å². The summed E-state index contributed by atoms with van der Waals surface area (Å²) in [7, 11) is 0. The van der Waals surface area contributed by atoms with Crippen LogP contribution in [-0.2, 0) is 11.2 Å². The summed E-state index contributed by atoms with van der Waals surface area (Å²) < 4.78 is 0. The Morgan fingerprint density at radius 2 is 1.78 bits per heavy atom. The zero-order valence-corrected chi connectivity index (χ0v) is 15.1. The van der Waals surface area contributed by atoms with Crippen molar-refractivity contribution in [3.05, 3.63) is 82.5 Å². The Hall–Kier alpha value is -3.43. The molecule has 1 amide bonds. The molecule has 1 aromatic heterocycles. The fourth-order valence-corrected chi connectivity index (χ4v) is 3.66. The second kappa shape index (κ2) is 8.30. The number of nitrogens with one attached hydrogen (secondary N) is 1. The minimum absolute atomic E-state index is 0.0728. The van der Waals surface area contributed by atoms with Crippen LogP contribution < -0.4 is 5.32 Å². The largest absolute Gasteiger partial charge is 0.478 e. The molecule has 3 rings (SSSR count). The number of aromatic carboxylic acids is 1. The number of anilines is 1. The summed E-state index contributed by atoms with van der Waals surface area (Å²) in [6.45, 7) is 7.00. The molecule has 0 radical (unpaired) electrons. The number of benzene rings is 2. The van der Waals surface area contributed by atoms with E-state index in [1.165, 1.54) is 11.3 Å². The van der Waals surface area contributed by atoms with Crippen molar-refractivity contribution in [3.8, 4) is 11.1 Å². The van der Waals surface area contributed by atoms with E-state index in [0.29, 0.717) is 28.2 Å². The van der Waals surface area contributed by atoms with Crippen LogP contribution in [0.2, 0.25) is 0 Å². The fraction of sp³-hybridized carbons (Fsp3) is 0.0952. The van der Waals surface area contributed by atoms with E-state index in [2.05, 4.69) is 10.2 Å². The van der Waals surface area contributed by atoms with E-state index in [1.807, 2.05) is 30.3 Å². The number of carbonyl (C=O) groups is 2. The summed E-state index contributed by atoms with van der Waals surface area (Å²) >= 11 is 1.19. The summed E-state index contributed by atoms with van der Waals surface area (Å²) in [5, 5.41) is 14.4. The lowest BCUT2D eigenvalue weighted by Gasteiger charge is -2.06. The standard InChI is InChI=1S/C21H16N2O3S/c1-22-16-10-8-15(9-11-16)17-13-27-20(19(17)21(25)26)23-18(24)12-7-14-5-3-2-4-6-14/h2-6,8-11,13H,7,12H2,(H,23,24)(H,25,26). The highest BCUT2D eigenvalue weighted by molar-refractivity contribution is 7.15. The normalized spacial score (nSPS) is 10.2. The first-order valence-corrected chi connectivity index (χ1v) is 9.13. The van der Waals surface area contributed by atoms with Crippen LogP contribution in [0.15, 0.2) is 60.0 Å². The molecule has 0 aliphatic rings. The fourth-order valence-electron chi connectivity index (χ4n) is 2.68. The van der Waals surface area contributed by atoms with E-state index in [9.17, 15) is 14.7 Å². The van der Waals surface area contributed by atoms with Gasteiger partial charge in [-0.05, 0) is 17.5 Å². The number of carboxylic acids is 1. The number of rotatable bonds is 6. The minimum atomic E-state index is -1.10. The van der Waals surface area contributed by atoms with Crippen LogP contribution in [0, 0.1) is 6.57 Å². The summed E-state index contributed by atoms with van der Waals surface area (Å²) in [6, 6.07) is 16.4. The van der Waals surface area contributed by atoms with Crippen LogP contribution in [0.4, 0.5) is 10.7 Å². The minimum Gasteiger partial charge on any atom is -0.478 e. The van der Waals surface area contributed by atoms with E-state index in [1.54, 1.807) is 29.6 Å². The Balaban J connectivity index is 1.77. The molecule has 0 spiro atoms. The Labute approximate surface area is 160 Å². The number of hydrogen-bond donors (Lipinski definition) is 2. The van der Waals surface area contributed by atoms with E-state index < -0.39 is 5.97 Å². The van der Waals surface area contributed by atoms with Crippen molar-refractivity contribution in [2.24, 2.45) is 0 Å². The van der Waals surface area contributed by atoms with Gasteiger partial charge in [-0.3, -0.25) is 4.79 Å². The van der Waals surface area contributed by atoms with Gasteiger partial charge in [-0.25, -0.2) is 9.64 Å². The number of carboxylic acid groups (broad SMARTS) is 1. The lowest BCUT2D eigenvalue weighted by molar-refractivity contribution is -0.116. The van der Waals surface area contributed by atoms with Crippen LogP contribution in [0.3, 0.4) is 0 Å². The van der Waals surface area contributed by atoms with E-state index in [4.69, 9.17) is 6.57 Å². The van der Waals surface area contributed by atoms with Crippen LogP contribution in [0.1, 0.15) is 22.3 Å². The number of amides is 1. The lowest BCUT2D eigenvalue weighted by Crippen LogP contribution is -2.14. The average Bonchev–Trinajstić information content (AvgIpc) is 3.11. The predicted molar refractivity (Wildman–Crippen MR) is 106 cm³/mol. The third-order valence-electron chi connectivity index (χ3n) is 4.05. The van der Waals surface area contributed by atoms with Gasteiger partial charge in [0, 0.05) is 17.4 Å². The molecular weight excluding hydrogens is 360 g/mol. The molecule has 0 saturated heterocycles. The molecule has 1 heterocycles. The van der Waals surface area contributed by atoms with Gasteiger partial charge >= 0.3 is 5.97 Å². The molecule has 2 N–H and O–H groups in total. The topological polar surface area (TPSA) is 70.8 Å². The zero-order chi connectivity index (χ0) is 19.2. The van der Waals surface area contributed by atoms with Crippen molar-refractivity contribution >= 4 is 33.9 Å². The first-order chi connectivity index (χ1) is 13.1. The summed E-state index contributed by atoms with van der Waals surface area (Å²) in [5.41, 5.74) is 2.84. The average molecular weight is 376 g/mol. The summed E-state index contributed by atoms with van der Waals surface area (Å²) in [5.74, 6) is -1.32. The predicted octanol–water partition coefficient (Wildman–Crippen LogP) is 5.24. The Morgan fingerprint density at radius 1 is 1.07 bits per heavy atom. The molecule has 0 saturated carbocycles. The molecule has 134 valence electrons. The van der Waals surface area contributed by atoms with Gasteiger partial charge in [-0.2, -0.15) is 0 Å². The molecule has 0 aliphatic carbocycles. The molecule has 0 bridgehead atoms. The molecule has 2 aromatic carbocycles. The number of thiophene rings is 1. The van der Waals surface area contributed by atoms with Crippen LogP contribution in [0.25, 0.3) is 16.0 Å². The van der Waals surface area contributed by atoms with Gasteiger partial charge in [-0.1, -0.05) is 54.6 Å². The van der Waals surface area contributed by atoms with Crippen LogP contribution in [-0.4, -0.2) is 17.0 Å². The van der Waals surface area contributed by atoms with Gasteiger partial charge in [0.25, 0.3) is 0 Å². The molecule has 0 unspecified atom stereocenters. The molecule has 3 aromatic rings. The number of aryl methyl sites for hydroxylation is 1. The first kappa shape index (κ1) is 18.4. The maximum atomic E-state index is 12.3. The first-order valence-electron chi connectivity index (χ1n) is 8.25. The second-order valence-corrected chi connectivity index (χ2v) is 6.73. The van der Waals surface area contributed by atoms with Crippen molar-refractivity contribution in [3.63, 3.8) is 0 Å². The summed E-state index contributed by atoms with van der Waals surface area (Å²) in [6.07, 6.45) is 0.863. The third-order valence-corrected chi connectivity index (χ3v) is 4.94. The van der Waals surface area contributed by atoms with Crippen molar-refractivity contribution in [2.75, 3.05) is 5.32 Å². The molecule has 0 aliphatic heterocycles. The van der Waals surface area contributed by atoms with Crippen molar-refractivity contribution < 1.29 is 14.7 Å². The zero-order valence-electron chi connectivity index (χ0n) is 14.3. The smallest absolute Gasteiger partial charge is 0.339 e. The molecule has 5 nitrogen and oxygen atoms in total. The van der Waals surface area contributed by atoms with Gasteiger partial charge in [0.15, 0.2) is 5.69 Å². The van der Waals surface area contributed by atoms with E-state index in [-0.39, 0.29) is 17.9 Å². The lowest BCUT2D eigenvalue weighted by atomic mass is 10.0. The highest BCUT2D eigenvalue weighted by atomic mass is 32.1. The maximum Gasteiger partial charge on any atom is 0.339 e. The molecular formula is C21H16N2O3S. The summed E-state index contributed by atoms with van der Waals surface area (Å²) in [4.78, 5) is 27.4. The van der Waals surface area contributed by atoms with Gasteiger partial charge in [0.1, 0.15) is 10.6 Å². The SMILES string of the molecule is [C-]#[N+]c1ccc(-c2csc(NC(=O)CCc3ccccc3)c2C(=O)O)cc1. The van der Waals surface area contributed by atoms with Crippen LogP contribution >= 0.6 is 11.3 Å². The van der Waals surface area contributed by atoms with E-state index in [0.717, 1.165) is 5.56 Å². The Bertz CT molecular complexity index is 1000. The Kier molecular flexibility index (Phi) is 5.64. The highest BCUT2D eigenvalue weighted by Gasteiger charge is 2.21. The third kappa shape index (κ3) is 4.40. The quantitative estimate of drug-likeness (QED) is 0.578. The van der Waals surface area contributed by atoms with Gasteiger partial charge in [-0.15, -0.1) is 11.3 Å². The van der Waals surface area contributed by atoms with Gasteiger partial charge in [0.05, 0.1) is 6.57 Å². The van der Waals surface area contributed by atoms with Gasteiger partial charge in [0.2, 0.25) is 5.91 Å².